The SMILES string of the molecule is CCCNc1nc(C(C)OC)nc(C2CC2)c1I. The summed E-state index contributed by atoms with van der Waals surface area (Å²) in [5, 5.41) is 3.39. The predicted molar refractivity (Wildman–Crippen MR) is 80.9 cm³/mol. The molecule has 0 spiro atoms. The number of halogens is 1. The summed E-state index contributed by atoms with van der Waals surface area (Å²) in [6, 6.07) is 0. The van der Waals surface area contributed by atoms with Crippen LogP contribution < -0.4 is 5.32 Å². The van der Waals surface area contributed by atoms with E-state index in [9.17, 15) is 0 Å². The zero-order valence-electron chi connectivity index (χ0n) is 11.2. The third-order valence-electron chi connectivity index (χ3n) is 3.12. The van der Waals surface area contributed by atoms with Gasteiger partial charge in [-0.25, -0.2) is 9.97 Å². The summed E-state index contributed by atoms with van der Waals surface area (Å²) in [5.41, 5.74) is 1.20. The Hall–Kier alpha value is -0.430. The number of hydrogen-bond acceptors (Lipinski definition) is 4. The van der Waals surface area contributed by atoms with E-state index in [2.05, 4.69) is 39.8 Å². The second-order valence-electron chi connectivity index (χ2n) is 4.71. The largest absolute Gasteiger partial charge is 0.374 e. The van der Waals surface area contributed by atoms with Crippen LogP contribution in [0.5, 0.6) is 0 Å². The van der Waals surface area contributed by atoms with Crippen molar-refractivity contribution < 1.29 is 4.74 Å². The number of methoxy groups -OCH3 is 1. The average Bonchev–Trinajstić information content (AvgIpc) is 3.21. The molecule has 1 fully saturated rings. The molecule has 1 aromatic rings. The molecule has 0 aromatic carbocycles. The van der Waals surface area contributed by atoms with Crippen LogP contribution in [-0.4, -0.2) is 23.6 Å². The van der Waals surface area contributed by atoms with Gasteiger partial charge in [-0.1, -0.05) is 6.92 Å². The highest BCUT2D eigenvalue weighted by atomic mass is 127. The maximum absolute atomic E-state index is 5.34. The maximum Gasteiger partial charge on any atom is 0.159 e. The molecule has 1 N–H and O–H groups in total. The minimum Gasteiger partial charge on any atom is -0.374 e. The maximum atomic E-state index is 5.34. The van der Waals surface area contributed by atoms with Crippen molar-refractivity contribution in [3.8, 4) is 0 Å². The van der Waals surface area contributed by atoms with Crippen LogP contribution >= 0.6 is 22.6 Å². The first kappa shape index (κ1) is 14.0. The van der Waals surface area contributed by atoms with Gasteiger partial charge in [0.1, 0.15) is 11.9 Å². The van der Waals surface area contributed by atoms with Gasteiger partial charge in [0, 0.05) is 19.6 Å². The first-order valence-corrected chi connectivity index (χ1v) is 7.59. The van der Waals surface area contributed by atoms with Gasteiger partial charge in [0.15, 0.2) is 5.82 Å². The molecule has 1 atom stereocenters. The highest BCUT2D eigenvalue weighted by molar-refractivity contribution is 14.1. The fraction of sp³-hybridized carbons (Fsp3) is 0.692. The van der Waals surface area contributed by atoms with Crippen molar-refractivity contribution in [2.75, 3.05) is 19.0 Å². The quantitative estimate of drug-likeness (QED) is 0.788. The summed E-state index contributed by atoms with van der Waals surface area (Å²) in [5.74, 6) is 2.39. The Morgan fingerprint density at radius 1 is 1.44 bits per heavy atom. The highest BCUT2D eigenvalue weighted by Gasteiger charge is 2.30. The number of hydrogen-bond donors (Lipinski definition) is 1. The van der Waals surface area contributed by atoms with Crippen LogP contribution in [0.1, 0.15) is 56.7 Å². The van der Waals surface area contributed by atoms with Crippen molar-refractivity contribution in [1.29, 1.82) is 0 Å². The molecule has 100 valence electrons. The number of anilines is 1. The van der Waals surface area contributed by atoms with Crippen LogP contribution in [0.2, 0.25) is 0 Å². The lowest BCUT2D eigenvalue weighted by Gasteiger charge is -2.15. The van der Waals surface area contributed by atoms with Gasteiger partial charge in [0.25, 0.3) is 0 Å². The first-order valence-electron chi connectivity index (χ1n) is 6.51. The Kier molecular flexibility index (Phi) is 4.77. The molecular weight excluding hydrogens is 341 g/mol. The second-order valence-corrected chi connectivity index (χ2v) is 5.79. The molecule has 1 aliphatic carbocycles. The zero-order valence-corrected chi connectivity index (χ0v) is 13.3. The number of nitrogens with one attached hydrogen (secondary N) is 1. The van der Waals surface area contributed by atoms with E-state index in [1.54, 1.807) is 7.11 Å². The second kappa shape index (κ2) is 6.14. The Bertz CT molecular complexity index is 421. The third-order valence-corrected chi connectivity index (χ3v) is 4.18. The van der Waals surface area contributed by atoms with Crippen LogP contribution in [0, 0.1) is 3.57 Å². The van der Waals surface area contributed by atoms with Gasteiger partial charge in [-0.3, -0.25) is 0 Å². The Labute approximate surface area is 122 Å². The van der Waals surface area contributed by atoms with E-state index in [-0.39, 0.29) is 6.10 Å². The first-order chi connectivity index (χ1) is 8.67. The van der Waals surface area contributed by atoms with Gasteiger partial charge >= 0.3 is 0 Å². The lowest BCUT2D eigenvalue weighted by Crippen LogP contribution is -2.12. The molecule has 1 aromatic heterocycles. The molecule has 1 heterocycles. The summed E-state index contributed by atoms with van der Waals surface area (Å²) in [4.78, 5) is 9.29. The number of rotatable bonds is 6. The molecule has 1 saturated carbocycles. The van der Waals surface area contributed by atoms with Gasteiger partial charge in [-0.15, -0.1) is 0 Å². The van der Waals surface area contributed by atoms with Crippen LogP contribution in [0.3, 0.4) is 0 Å². The van der Waals surface area contributed by atoms with E-state index >= 15 is 0 Å². The molecule has 1 aliphatic rings. The molecule has 0 saturated heterocycles. The van der Waals surface area contributed by atoms with Crippen LogP contribution in [-0.2, 0) is 4.74 Å². The molecule has 5 heteroatoms. The minimum absolute atomic E-state index is 0.0540. The predicted octanol–water partition coefficient (Wildman–Crippen LogP) is 3.49. The molecular formula is C13H20IN3O. The van der Waals surface area contributed by atoms with Gasteiger partial charge in [-0.05, 0) is 48.8 Å². The zero-order chi connectivity index (χ0) is 13.1. The van der Waals surface area contributed by atoms with Gasteiger partial charge in [-0.2, -0.15) is 0 Å². The summed E-state index contributed by atoms with van der Waals surface area (Å²) in [6.07, 6.45) is 3.54. The van der Waals surface area contributed by atoms with E-state index in [4.69, 9.17) is 9.72 Å². The lowest BCUT2D eigenvalue weighted by atomic mass is 10.2. The molecule has 4 nitrogen and oxygen atoms in total. The smallest absolute Gasteiger partial charge is 0.159 e. The Balaban J connectivity index is 2.33. The van der Waals surface area contributed by atoms with Crippen molar-refractivity contribution in [2.24, 2.45) is 0 Å². The summed E-state index contributed by atoms with van der Waals surface area (Å²) < 4.78 is 6.51. The molecule has 0 amide bonds. The number of nitrogens with zero attached hydrogens (tertiary/aromatic N) is 2. The topological polar surface area (TPSA) is 47.0 Å². The fourth-order valence-corrected chi connectivity index (χ4v) is 2.63. The van der Waals surface area contributed by atoms with Crippen molar-refractivity contribution in [2.45, 2.75) is 45.1 Å². The van der Waals surface area contributed by atoms with Crippen LogP contribution in [0.15, 0.2) is 0 Å². The van der Waals surface area contributed by atoms with Crippen LogP contribution in [0.4, 0.5) is 5.82 Å². The molecule has 1 unspecified atom stereocenters. The van der Waals surface area contributed by atoms with Crippen molar-refractivity contribution in [3.63, 3.8) is 0 Å². The summed E-state index contributed by atoms with van der Waals surface area (Å²) in [6.45, 7) is 5.09. The van der Waals surface area contributed by atoms with E-state index in [0.29, 0.717) is 5.92 Å². The van der Waals surface area contributed by atoms with Gasteiger partial charge in [0.2, 0.25) is 0 Å². The van der Waals surface area contributed by atoms with Crippen molar-refractivity contribution >= 4 is 28.4 Å². The number of aromatic nitrogens is 2. The molecule has 0 radical (unpaired) electrons. The average molecular weight is 361 g/mol. The minimum atomic E-state index is -0.0540. The summed E-state index contributed by atoms with van der Waals surface area (Å²) in [7, 11) is 1.70. The van der Waals surface area contributed by atoms with Crippen molar-refractivity contribution in [3.05, 3.63) is 15.1 Å². The van der Waals surface area contributed by atoms with E-state index < -0.39 is 0 Å². The van der Waals surface area contributed by atoms with Crippen LogP contribution in [0.25, 0.3) is 0 Å². The van der Waals surface area contributed by atoms with Gasteiger partial charge in [0.05, 0.1) is 9.26 Å². The molecule has 0 bridgehead atoms. The monoisotopic (exact) mass is 361 g/mol. The third kappa shape index (κ3) is 3.12. The van der Waals surface area contributed by atoms with Crippen molar-refractivity contribution in [1.82, 2.24) is 9.97 Å². The highest BCUT2D eigenvalue weighted by Crippen LogP contribution is 2.42. The molecule has 18 heavy (non-hydrogen) atoms. The van der Waals surface area contributed by atoms with E-state index in [0.717, 1.165) is 24.6 Å². The Morgan fingerprint density at radius 3 is 2.72 bits per heavy atom. The van der Waals surface area contributed by atoms with E-state index in [1.807, 2.05) is 6.92 Å². The standard InChI is InChI=1S/C13H20IN3O/c1-4-7-15-13-10(14)11(9-5-6-9)16-12(17-13)8(2)18-3/h8-9H,4-7H2,1-3H3,(H,15,16,17). The normalized spacial score (nSPS) is 16.7. The Morgan fingerprint density at radius 2 is 2.17 bits per heavy atom. The van der Waals surface area contributed by atoms with Gasteiger partial charge < -0.3 is 10.1 Å². The fourth-order valence-electron chi connectivity index (χ4n) is 1.76. The number of ether oxygens (including phenoxy) is 1. The molecule has 0 aliphatic heterocycles. The lowest BCUT2D eigenvalue weighted by molar-refractivity contribution is 0.112. The summed E-state index contributed by atoms with van der Waals surface area (Å²) >= 11 is 2.36. The molecule has 2 rings (SSSR count). The van der Waals surface area contributed by atoms with E-state index in [1.165, 1.54) is 22.1 Å².